The van der Waals surface area contributed by atoms with Gasteiger partial charge in [-0.05, 0) is 38.9 Å². The first-order valence-corrected chi connectivity index (χ1v) is 6.19. The summed E-state index contributed by atoms with van der Waals surface area (Å²) in [6.07, 6.45) is 7.67. The van der Waals surface area contributed by atoms with Crippen molar-refractivity contribution >= 4 is 6.08 Å². The number of benzene rings is 1. The van der Waals surface area contributed by atoms with Crippen molar-refractivity contribution in [1.82, 2.24) is 4.90 Å². The Labute approximate surface area is 98.8 Å². The molecule has 0 heterocycles. The lowest BCUT2D eigenvalue weighted by Crippen LogP contribution is -2.31. The second-order valence-electron chi connectivity index (χ2n) is 4.86. The van der Waals surface area contributed by atoms with Gasteiger partial charge in [0, 0.05) is 6.04 Å². The monoisotopic (exact) mass is 215 g/mol. The van der Waals surface area contributed by atoms with Gasteiger partial charge in [0.15, 0.2) is 0 Å². The van der Waals surface area contributed by atoms with Gasteiger partial charge in [-0.1, -0.05) is 48.4 Å². The molecule has 0 N–H and O–H groups in total. The Bertz CT molecular complexity index is 351. The first kappa shape index (κ1) is 11.4. The van der Waals surface area contributed by atoms with Gasteiger partial charge in [0.1, 0.15) is 0 Å². The third kappa shape index (κ3) is 2.73. The molecular weight excluding hydrogens is 194 g/mol. The Kier molecular flexibility index (Phi) is 3.79. The van der Waals surface area contributed by atoms with E-state index in [0.717, 1.165) is 0 Å². The molecule has 0 amide bonds. The van der Waals surface area contributed by atoms with Gasteiger partial charge in [0.05, 0.1) is 0 Å². The molecule has 1 saturated carbocycles. The molecule has 2 rings (SSSR count). The second-order valence-corrected chi connectivity index (χ2v) is 4.86. The fourth-order valence-corrected chi connectivity index (χ4v) is 2.54. The average molecular weight is 215 g/mol. The predicted octanol–water partition coefficient (Wildman–Crippen LogP) is 3.57. The molecule has 86 valence electrons. The lowest BCUT2D eigenvalue weighted by Gasteiger charge is -2.31. The third-order valence-electron chi connectivity index (χ3n) is 3.40. The smallest absolute Gasteiger partial charge is 0.0304 e. The summed E-state index contributed by atoms with van der Waals surface area (Å²) in [5.74, 6) is 0. The zero-order valence-electron chi connectivity index (χ0n) is 10.3. The van der Waals surface area contributed by atoms with Crippen molar-refractivity contribution in [2.75, 3.05) is 14.1 Å². The van der Waals surface area contributed by atoms with Crippen molar-refractivity contribution in [1.29, 1.82) is 0 Å². The van der Waals surface area contributed by atoms with Crippen LogP contribution in [0.4, 0.5) is 0 Å². The summed E-state index contributed by atoms with van der Waals surface area (Å²) in [5, 5.41) is 0. The summed E-state index contributed by atoms with van der Waals surface area (Å²) in [4.78, 5) is 2.36. The normalized spacial score (nSPS) is 23.9. The molecule has 0 unspecified atom stereocenters. The standard InChI is InChI=1S/C15H21N/c1-16(2)15-11-7-6-10-14(15)12-13-8-4-3-5-9-13/h3-5,8-9,12,15H,6-7,10-11H2,1-2H3/b14-12+/t15-/m0/s1. The molecule has 0 aliphatic heterocycles. The van der Waals surface area contributed by atoms with E-state index in [4.69, 9.17) is 0 Å². The Balaban J connectivity index is 2.20. The van der Waals surface area contributed by atoms with E-state index in [0.29, 0.717) is 6.04 Å². The van der Waals surface area contributed by atoms with E-state index in [1.165, 1.54) is 31.2 Å². The minimum atomic E-state index is 0.647. The highest BCUT2D eigenvalue weighted by atomic mass is 15.1. The first-order chi connectivity index (χ1) is 7.77. The summed E-state index contributed by atoms with van der Waals surface area (Å²) in [5.41, 5.74) is 2.94. The first-order valence-electron chi connectivity index (χ1n) is 6.19. The number of hydrogen-bond acceptors (Lipinski definition) is 1. The van der Waals surface area contributed by atoms with E-state index in [1.807, 2.05) is 0 Å². The van der Waals surface area contributed by atoms with Crippen LogP contribution >= 0.6 is 0 Å². The Morgan fingerprint density at radius 1 is 1.12 bits per heavy atom. The van der Waals surface area contributed by atoms with E-state index in [9.17, 15) is 0 Å². The second kappa shape index (κ2) is 5.31. The van der Waals surface area contributed by atoms with Gasteiger partial charge in [-0.15, -0.1) is 0 Å². The van der Waals surface area contributed by atoms with Gasteiger partial charge in [-0.25, -0.2) is 0 Å². The summed E-state index contributed by atoms with van der Waals surface area (Å²) in [6, 6.07) is 11.3. The topological polar surface area (TPSA) is 3.24 Å². The zero-order chi connectivity index (χ0) is 11.4. The van der Waals surface area contributed by atoms with Gasteiger partial charge in [0.25, 0.3) is 0 Å². The quantitative estimate of drug-likeness (QED) is 0.729. The van der Waals surface area contributed by atoms with Crippen LogP contribution in [0.2, 0.25) is 0 Å². The number of rotatable bonds is 2. The maximum atomic E-state index is 2.38. The molecule has 0 radical (unpaired) electrons. The van der Waals surface area contributed by atoms with E-state index in [1.54, 1.807) is 5.57 Å². The van der Waals surface area contributed by atoms with Gasteiger partial charge in [0.2, 0.25) is 0 Å². The minimum absolute atomic E-state index is 0.647. The number of nitrogens with zero attached hydrogens (tertiary/aromatic N) is 1. The van der Waals surface area contributed by atoms with Crippen molar-refractivity contribution in [3.05, 3.63) is 41.5 Å². The molecule has 1 aromatic carbocycles. The maximum absolute atomic E-state index is 2.38. The zero-order valence-corrected chi connectivity index (χ0v) is 10.3. The highest BCUT2D eigenvalue weighted by Crippen LogP contribution is 2.28. The predicted molar refractivity (Wildman–Crippen MR) is 70.4 cm³/mol. The molecule has 1 aromatic rings. The fraction of sp³-hybridized carbons (Fsp3) is 0.467. The molecule has 1 fully saturated rings. The lowest BCUT2D eigenvalue weighted by molar-refractivity contribution is 0.285. The summed E-state index contributed by atoms with van der Waals surface area (Å²) in [7, 11) is 4.38. The van der Waals surface area contributed by atoms with Crippen LogP contribution in [0.25, 0.3) is 6.08 Å². The Hall–Kier alpha value is -1.08. The summed E-state index contributed by atoms with van der Waals surface area (Å²) >= 11 is 0. The fourth-order valence-electron chi connectivity index (χ4n) is 2.54. The van der Waals surface area contributed by atoms with E-state index < -0.39 is 0 Å². The van der Waals surface area contributed by atoms with Crippen LogP contribution in [0, 0.1) is 0 Å². The van der Waals surface area contributed by atoms with Crippen LogP contribution in [0.5, 0.6) is 0 Å². The third-order valence-corrected chi connectivity index (χ3v) is 3.40. The largest absolute Gasteiger partial charge is 0.303 e. The SMILES string of the molecule is CN(C)[C@H]1CCCC/C1=C\c1ccccc1. The molecule has 16 heavy (non-hydrogen) atoms. The molecule has 1 nitrogen and oxygen atoms in total. The van der Waals surface area contributed by atoms with Gasteiger partial charge in [-0.3, -0.25) is 0 Å². The van der Waals surface area contributed by atoms with Crippen molar-refractivity contribution in [3.63, 3.8) is 0 Å². The summed E-state index contributed by atoms with van der Waals surface area (Å²) < 4.78 is 0. The molecule has 1 atom stereocenters. The van der Waals surface area contributed by atoms with Crippen LogP contribution < -0.4 is 0 Å². The highest BCUT2D eigenvalue weighted by molar-refractivity contribution is 5.54. The van der Waals surface area contributed by atoms with Crippen LogP contribution in [0.1, 0.15) is 31.2 Å². The molecule has 0 bridgehead atoms. The molecule has 0 spiro atoms. The Morgan fingerprint density at radius 2 is 1.88 bits per heavy atom. The molecule has 0 saturated heterocycles. The van der Waals surface area contributed by atoms with Crippen LogP contribution in [-0.4, -0.2) is 25.0 Å². The molecule has 1 aliphatic rings. The molecule has 0 aromatic heterocycles. The molecule has 1 heteroatoms. The van der Waals surface area contributed by atoms with Crippen LogP contribution in [-0.2, 0) is 0 Å². The molecular formula is C15H21N. The van der Waals surface area contributed by atoms with Crippen molar-refractivity contribution in [3.8, 4) is 0 Å². The van der Waals surface area contributed by atoms with E-state index in [-0.39, 0.29) is 0 Å². The lowest BCUT2D eigenvalue weighted by atomic mass is 9.88. The Morgan fingerprint density at radius 3 is 2.56 bits per heavy atom. The van der Waals surface area contributed by atoms with Gasteiger partial charge >= 0.3 is 0 Å². The minimum Gasteiger partial charge on any atom is -0.303 e. The average Bonchev–Trinajstić information content (AvgIpc) is 2.31. The van der Waals surface area contributed by atoms with E-state index >= 15 is 0 Å². The summed E-state index contributed by atoms with van der Waals surface area (Å²) in [6.45, 7) is 0. The molecule has 1 aliphatic carbocycles. The van der Waals surface area contributed by atoms with Crippen LogP contribution in [0.15, 0.2) is 35.9 Å². The van der Waals surface area contributed by atoms with E-state index in [2.05, 4.69) is 55.4 Å². The van der Waals surface area contributed by atoms with Crippen molar-refractivity contribution < 1.29 is 0 Å². The van der Waals surface area contributed by atoms with Gasteiger partial charge in [-0.2, -0.15) is 0 Å². The van der Waals surface area contributed by atoms with Crippen molar-refractivity contribution in [2.45, 2.75) is 31.7 Å². The van der Waals surface area contributed by atoms with Crippen molar-refractivity contribution in [2.24, 2.45) is 0 Å². The number of hydrogen-bond donors (Lipinski definition) is 0. The number of likely N-dealkylation sites (N-methyl/N-ethyl adjacent to an activating group) is 1. The highest BCUT2D eigenvalue weighted by Gasteiger charge is 2.20. The van der Waals surface area contributed by atoms with Gasteiger partial charge < -0.3 is 4.90 Å². The maximum Gasteiger partial charge on any atom is 0.0304 e. The van der Waals surface area contributed by atoms with Crippen LogP contribution in [0.3, 0.4) is 0 Å².